The summed E-state index contributed by atoms with van der Waals surface area (Å²) in [6.45, 7) is 6.53. The van der Waals surface area contributed by atoms with E-state index in [1.54, 1.807) is 39.8 Å². The predicted molar refractivity (Wildman–Crippen MR) is 111 cm³/mol. The average molecular weight is 484 g/mol. The quantitative estimate of drug-likeness (QED) is 0.373. The molecule has 0 aromatic heterocycles. The van der Waals surface area contributed by atoms with Gasteiger partial charge in [-0.25, -0.2) is 9.59 Å². The van der Waals surface area contributed by atoms with Crippen LogP contribution in [0.5, 0.6) is 0 Å². The van der Waals surface area contributed by atoms with Gasteiger partial charge >= 0.3 is 18.0 Å². The van der Waals surface area contributed by atoms with E-state index in [2.05, 4.69) is 15.9 Å². The van der Waals surface area contributed by atoms with E-state index in [9.17, 15) is 24.3 Å². The summed E-state index contributed by atoms with van der Waals surface area (Å²) in [5.74, 6) is -4.89. The van der Waals surface area contributed by atoms with E-state index in [0.29, 0.717) is 6.42 Å². The molecule has 1 fully saturated rings. The van der Waals surface area contributed by atoms with Gasteiger partial charge in [-0.1, -0.05) is 28.1 Å². The number of rotatable bonds is 6. The van der Waals surface area contributed by atoms with Gasteiger partial charge in [0.25, 0.3) is 0 Å². The zero-order valence-electron chi connectivity index (χ0n) is 17.4. The van der Waals surface area contributed by atoms with Crippen LogP contribution in [0.3, 0.4) is 0 Å². The first kappa shape index (κ1) is 23.9. The molecule has 0 spiro atoms. The molecule has 0 aliphatic carbocycles. The first-order valence-corrected chi connectivity index (χ1v) is 10.4. The van der Waals surface area contributed by atoms with Crippen molar-refractivity contribution >= 4 is 39.7 Å². The van der Waals surface area contributed by atoms with Crippen LogP contribution in [-0.2, 0) is 19.1 Å². The smallest absolute Gasteiger partial charge is 0.411 e. The summed E-state index contributed by atoms with van der Waals surface area (Å²) in [4.78, 5) is 52.6. The molecule has 2 rings (SSSR count). The highest BCUT2D eigenvalue weighted by atomic mass is 79.9. The molecular weight excluding hydrogens is 458 g/mol. The van der Waals surface area contributed by atoms with Gasteiger partial charge in [0.2, 0.25) is 0 Å². The molecule has 9 heteroatoms. The fraction of sp³-hybridized carbons (Fsp3) is 0.524. The SMILES string of the molecule is CCOC(=O)C(C(=O)c1ccc(Br)cc1)[C@]1(C(=O)O)CCCN1C(=O)OC(C)(C)C. The molecule has 1 aliphatic rings. The Bertz CT molecular complexity index is 831. The molecule has 0 radical (unpaired) electrons. The largest absolute Gasteiger partial charge is 0.479 e. The summed E-state index contributed by atoms with van der Waals surface area (Å²) >= 11 is 3.28. The number of Topliss-reactive ketones (excluding diaryl/α,β-unsaturated/α-hetero) is 1. The third-order valence-corrected chi connectivity index (χ3v) is 5.32. The van der Waals surface area contributed by atoms with E-state index >= 15 is 0 Å². The predicted octanol–water partition coefficient (Wildman–Crippen LogP) is 3.67. The second-order valence-corrected chi connectivity index (χ2v) is 8.94. The van der Waals surface area contributed by atoms with Crippen molar-refractivity contribution in [2.45, 2.75) is 51.7 Å². The lowest BCUT2D eigenvalue weighted by atomic mass is 9.77. The van der Waals surface area contributed by atoms with Gasteiger partial charge in [-0.15, -0.1) is 0 Å². The third kappa shape index (κ3) is 4.83. The molecule has 1 saturated heterocycles. The zero-order valence-corrected chi connectivity index (χ0v) is 19.0. The Morgan fingerprint density at radius 3 is 2.30 bits per heavy atom. The van der Waals surface area contributed by atoms with Gasteiger partial charge in [0.15, 0.2) is 17.2 Å². The number of carbonyl (C=O) groups is 4. The van der Waals surface area contributed by atoms with E-state index < -0.39 is 40.9 Å². The van der Waals surface area contributed by atoms with Crippen LogP contribution in [0.4, 0.5) is 4.79 Å². The van der Waals surface area contributed by atoms with E-state index in [1.165, 1.54) is 12.1 Å². The molecule has 0 bridgehead atoms. The van der Waals surface area contributed by atoms with E-state index in [1.807, 2.05) is 0 Å². The maximum atomic E-state index is 13.4. The van der Waals surface area contributed by atoms with Gasteiger partial charge < -0.3 is 14.6 Å². The second kappa shape index (κ2) is 9.16. The summed E-state index contributed by atoms with van der Waals surface area (Å²) in [5, 5.41) is 10.2. The number of carboxylic acid groups (broad SMARTS) is 1. The van der Waals surface area contributed by atoms with Gasteiger partial charge in [-0.05, 0) is 52.7 Å². The lowest BCUT2D eigenvalue weighted by Crippen LogP contribution is -2.62. The minimum Gasteiger partial charge on any atom is -0.479 e. The van der Waals surface area contributed by atoms with Crippen molar-refractivity contribution in [1.82, 2.24) is 4.90 Å². The van der Waals surface area contributed by atoms with Crippen molar-refractivity contribution in [3.63, 3.8) is 0 Å². The van der Waals surface area contributed by atoms with Gasteiger partial charge in [0, 0.05) is 16.6 Å². The van der Waals surface area contributed by atoms with Crippen molar-refractivity contribution in [2.75, 3.05) is 13.2 Å². The van der Waals surface area contributed by atoms with Crippen molar-refractivity contribution in [3.8, 4) is 0 Å². The fourth-order valence-electron chi connectivity index (χ4n) is 3.58. The Labute approximate surface area is 183 Å². The molecule has 164 valence electrons. The summed E-state index contributed by atoms with van der Waals surface area (Å²) in [7, 11) is 0. The molecule has 1 unspecified atom stereocenters. The number of ketones is 1. The number of carboxylic acids is 1. The zero-order chi connectivity index (χ0) is 22.7. The van der Waals surface area contributed by atoms with Crippen molar-refractivity contribution in [2.24, 2.45) is 5.92 Å². The van der Waals surface area contributed by atoms with Crippen LogP contribution >= 0.6 is 15.9 Å². The van der Waals surface area contributed by atoms with E-state index in [4.69, 9.17) is 9.47 Å². The number of aliphatic carboxylic acids is 1. The number of benzene rings is 1. The molecular formula is C21H26BrNO7. The number of amides is 1. The molecule has 1 aliphatic heterocycles. The first-order chi connectivity index (χ1) is 13.9. The molecule has 1 aromatic rings. The molecule has 1 aromatic carbocycles. The summed E-state index contributed by atoms with van der Waals surface area (Å²) in [6.07, 6.45) is -0.664. The minimum absolute atomic E-state index is 0.0366. The Morgan fingerprint density at radius 1 is 1.20 bits per heavy atom. The molecule has 30 heavy (non-hydrogen) atoms. The number of halogens is 1. The highest BCUT2D eigenvalue weighted by Gasteiger charge is 2.62. The van der Waals surface area contributed by atoms with E-state index in [0.717, 1.165) is 9.37 Å². The van der Waals surface area contributed by atoms with Crippen LogP contribution in [-0.4, -0.2) is 58.1 Å². The summed E-state index contributed by atoms with van der Waals surface area (Å²) in [5.41, 5.74) is -2.83. The number of ether oxygens (including phenoxy) is 2. The highest BCUT2D eigenvalue weighted by Crippen LogP contribution is 2.40. The van der Waals surface area contributed by atoms with Gasteiger partial charge in [-0.2, -0.15) is 0 Å². The van der Waals surface area contributed by atoms with E-state index in [-0.39, 0.29) is 25.1 Å². The Kier molecular flexibility index (Phi) is 7.28. The fourth-order valence-corrected chi connectivity index (χ4v) is 3.85. The Balaban J connectivity index is 2.59. The molecule has 1 N–H and O–H groups in total. The minimum atomic E-state index is -2.10. The Hall–Kier alpha value is -2.42. The number of carbonyl (C=O) groups excluding carboxylic acids is 3. The maximum absolute atomic E-state index is 13.4. The maximum Gasteiger partial charge on any atom is 0.411 e. The molecule has 1 amide bonds. The normalized spacial score (nSPS) is 19.8. The monoisotopic (exact) mass is 483 g/mol. The molecule has 0 saturated carbocycles. The van der Waals surface area contributed by atoms with Crippen LogP contribution in [0, 0.1) is 5.92 Å². The number of esters is 1. The average Bonchev–Trinajstić information content (AvgIpc) is 3.07. The lowest BCUT2D eigenvalue weighted by molar-refractivity contribution is -0.163. The van der Waals surface area contributed by atoms with Crippen LogP contribution in [0.15, 0.2) is 28.7 Å². The van der Waals surface area contributed by atoms with Crippen molar-refractivity contribution in [3.05, 3.63) is 34.3 Å². The standard InChI is InChI=1S/C21H26BrNO7/c1-5-29-17(25)15(16(24)13-7-9-14(22)10-8-13)21(18(26)27)11-6-12-23(21)19(28)30-20(2,3)4/h7-10,15H,5-6,11-12H2,1-4H3,(H,26,27)/t15?,21-/m0/s1. The number of likely N-dealkylation sites (tertiary alicyclic amines) is 1. The van der Waals surface area contributed by atoms with Crippen LogP contribution in [0.25, 0.3) is 0 Å². The highest BCUT2D eigenvalue weighted by molar-refractivity contribution is 9.10. The molecule has 8 nitrogen and oxygen atoms in total. The number of nitrogens with zero attached hydrogens (tertiary/aromatic N) is 1. The number of hydrogen-bond donors (Lipinski definition) is 1. The molecule has 1 heterocycles. The lowest BCUT2D eigenvalue weighted by Gasteiger charge is -2.39. The first-order valence-electron chi connectivity index (χ1n) is 9.64. The Morgan fingerprint density at radius 2 is 1.80 bits per heavy atom. The van der Waals surface area contributed by atoms with Crippen LogP contribution in [0.2, 0.25) is 0 Å². The van der Waals surface area contributed by atoms with Gasteiger partial charge in [-0.3, -0.25) is 14.5 Å². The topological polar surface area (TPSA) is 110 Å². The second-order valence-electron chi connectivity index (χ2n) is 8.02. The van der Waals surface area contributed by atoms with Crippen molar-refractivity contribution in [1.29, 1.82) is 0 Å². The van der Waals surface area contributed by atoms with Crippen LogP contribution < -0.4 is 0 Å². The molecule has 2 atom stereocenters. The van der Waals surface area contributed by atoms with Crippen LogP contribution in [0.1, 0.15) is 50.9 Å². The van der Waals surface area contributed by atoms with Crippen molar-refractivity contribution < 1.29 is 33.8 Å². The summed E-state index contributed by atoms with van der Waals surface area (Å²) < 4.78 is 11.2. The third-order valence-electron chi connectivity index (χ3n) is 4.80. The van der Waals surface area contributed by atoms with Gasteiger partial charge in [0.05, 0.1) is 6.61 Å². The van der Waals surface area contributed by atoms with Gasteiger partial charge in [0.1, 0.15) is 5.60 Å². The number of hydrogen-bond acceptors (Lipinski definition) is 6. The summed E-state index contributed by atoms with van der Waals surface area (Å²) in [6, 6.07) is 6.20.